The van der Waals surface area contributed by atoms with Crippen LogP contribution in [0.4, 0.5) is 19.0 Å². The molecular formula is C32H33BrF3N5O. The van der Waals surface area contributed by atoms with Gasteiger partial charge in [0, 0.05) is 42.6 Å². The van der Waals surface area contributed by atoms with E-state index in [-0.39, 0.29) is 45.8 Å². The van der Waals surface area contributed by atoms with Crippen LogP contribution in [0.2, 0.25) is 0 Å². The van der Waals surface area contributed by atoms with E-state index in [1.54, 1.807) is 0 Å². The van der Waals surface area contributed by atoms with Gasteiger partial charge in [-0.3, -0.25) is 9.80 Å². The second kappa shape index (κ2) is 10.3. The van der Waals surface area contributed by atoms with Gasteiger partial charge in [0.2, 0.25) is 0 Å². The van der Waals surface area contributed by atoms with Crippen molar-refractivity contribution < 1.29 is 17.9 Å². The van der Waals surface area contributed by atoms with E-state index >= 15 is 4.39 Å². The summed E-state index contributed by atoms with van der Waals surface area (Å²) in [5.74, 6) is -1.04. The number of piperazine rings is 1. The Kier molecular flexibility index (Phi) is 6.86. The van der Waals surface area contributed by atoms with Crippen LogP contribution < -0.4 is 9.64 Å². The van der Waals surface area contributed by atoms with Crippen LogP contribution in [0.1, 0.15) is 38.7 Å². The zero-order valence-corrected chi connectivity index (χ0v) is 25.2. The van der Waals surface area contributed by atoms with Crippen molar-refractivity contribution in [3.8, 4) is 6.01 Å². The fourth-order valence-corrected chi connectivity index (χ4v) is 7.90. The fraction of sp³-hybridized carbons (Fsp3) is 0.438. The van der Waals surface area contributed by atoms with Gasteiger partial charge in [-0.05, 0) is 72.8 Å². The molecule has 2 unspecified atom stereocenters. The Balaban J connectivity index is 1.22. The van der Waals surface area contributed by atoms with E-state index in [9.17, 15) is 8.78 Å². The molecule has 7 rings (SSSR count). The van der Waals surface area contributed by atoms with Crippen molar-refractivity contribution in [2.24, 2.45) is 0 Å². The molecule has 2 aromatic carbocycles. The first kappa shape index (κ1) is 27.9. The highest BCUT2D eigenvalue weighted by Crippen LogP contribution is 2.43. The highest BCUT2D eigenvalue weighted by atomic mass is 79.9. The molecule has 220 valence electrons. The number of hydrogen-bond donors (Lipinski definition) is 0. The minimum Gasteiger partial charge on any atom is -0.461 e. The number of aromatic nitrogens is 2. The van der Waals surface area contributed by atoms with Gasteiger partial charge in [-0.1, -0.05) is 42.5 Å². The van der Waals surface area contributed by atoms with Crippen LogP contribution in [-0.4, -0.2) is 70.2 Å². The maximum absolute atomic E-state index is 15.5. The number of halogens is 4. The van der Waals surface area contributed by atoms with Crippen LogP contribution in [0, 0.1) is 11.6 Å². The first-order chi connectivity index (χ1) is 20.2. The smallest absolute Gasteiger partial charge is 0.319 e. The number of rotatable bonds is 6. The molecule has 0 radical (unpaired) electrons. The predicted octanol–water partition coefficient (Wildman–Crippen LogP) is 6.51. The first-order valence-electron chi connectivity index (χ1n) is 14.5. The van der Waals surface area contributed by atoms with E-state index in [2.05, 4.69) is 85.9 Å². The van der Waals surface area contributed by atoms with Crippen molar-refractivity contribution in [2.75, 3.05) is 37.7 Å². The highest BCUT2D eigenvalue weighted by molar-refractivity contribution is 9.10. The Morgan fingerprint density at radius 2 is 1.86 bits per heavy atom. The lowest BCUT2D eigenvalue weighted by atomic mass is 9.89. The summed E-state index contributed by atoms with van der Waals surface area (Å²) in [6.07, 6.45) is 7.61. The minimum atomic E-state index is -0.785. The fourth-order valence-electron chi connectivity index (χ4n) is 7.60. The second-order valence-corrected chi connectivity index (χ2v) is 13.2. The van der Waals surface area contributed by atoms with Gasteiger partial charge < -0.3 is 9.64 Å². The summed E-state index contributed by atoms with van der Waals surface area (Å²) in [6.45, 7) is 7.39. The van der Waals surface area contributed by atoms with Crippen LogP contribution in [0.3, 0.4) is 0 Å². The monoisotopic (exact) mass is 639 g/mol. The van der Waals surface area contributed by atoms with Gasteiger partial charge in [-0.25, -0.2) is 13.2 Å². The topological polar surface area (TPSA) is 44.7 Å². The molecule has 2 bridgehead atoms. The zero-order valence-electron chi connectivity index (χ0n) is 23.7. The molecule has 5 heterocycles. The first-order valence-corrected chi connectivity index (χ1v) is 15.3. The number of benzene rings is 2. The third-order valence-electron chi connectivity index (χ3n) is 9.61. The van der Waals surface area contributed by atoms with Gasteiger partial charge in [0.05, 0.1) is 16.3 Å². The SMILES string of the molecule is CC(C)(c1ccccc1)N1C2C=CC1CN(c1nc(OC[C@@]34CCCN3C/C(=C\F)C4)nc3c(F)c(Br)c(F)cc13)C2. The molecule has 0 N–H and O–H groups in total. The van der Waals surface area contributed by atoms with E-state index in [0.717, 1.165) is 25.0 Å². The lowest BCUT2D eigenvalue weighted by molar-refractivity contribution is 0.0590. The molecule has 1 aromatic heterocycles. The van der Waals surface area contributed by atoms with Gasteiger partial charge >= 0.3 is 6.01 Å². The number of nitrogens with zero attached hydrogens (tertiary/aromatic N) is 5. The van der Waals surface area contributed by atoms with Crippen molar-refractivity contribution in [1.29, 1.82) is 0 Å². The molecule has 3 aromatic rings. The van der Waals surface area contributed by atoms with Crippen LogP contribution in [-0.2, 0) is 5.54 Å². The predicted molar refractivity (Wildman–Crippen MR) is 160 cm³/mol. The minimum absolute atomic E-state index is 0.00664. The molecule has 4 aliphatic heterocycles. The molecule has 6 nitrogen and oxygen atoms in total. The molecule has 0 aliphatic carbocycles. The van der Waals surface area contributed by atoms with E-state index < -0.39 is 11.6 Å². The van der Waals surface area contributed by atoms with Crippen LogP contribution in [0.25, 0.3) is 10.9 Å². The summed E-state index contributed by atoms with van der Waals surface area (Å²) in [7, 11) is 0. The van der Waals surface area contributed by atoms with Crippen LogP contribution in [0.5, 0.6) is 6.01 Å². The summed E-state index contributed by atoms with van der Waals surface area (Å²) >= 11 is 3.04. The Hall–Kier alpha value is -2.95. The maximum Gasteiger partial charge on any atom is 0.319 e. The maximum atomic E-state index is 15.5. The molecule has 3 atom stereocenters. The third kappa shape index (κ3) is 4.45. The summed E-state index contributed by atoms with van der Waals surface area (Å²) in [5, 5.41) is 0.305. The molecule has 42 heavy (non-hydrogen) atoms. The molecule has 3 saturated heterocycles. The largest absolute Gasteiger partial charge is 0.461 e. The molecule has 0 spiro atoms. The van der Waals surface area contributed by atoms with Crippen molar-refractivity contribution in [3.63, 3.8) is 0 Å². The average molecular weight is 641 g/mol. The summed E-state index contributed by atoms with van der Waals surface area (Å²) in [4.78, 5) is 16.1. The van der Waals surface area contributed by atoms with Gasteiger partial charge in [0.25, 0.3) is 0 Å². The van der Waals surface area contributed by atoms with Gasteiger partial charge in [-0.2, -0.15) is 9.97 Å². The van der Waals surface area contributed by atoms with Crippen LogP contribution >= 0.6 is 15.9 Å². The molecule has 0 amide bonds. The van der Waals surface area contributed by atoms with Gasteiger partial charge in [0.15, 0.2) is 5.82 Å². The molecule has 10 heteroatoms. The van der Waals surface area contributed by atoms with Gasteiger partial charge in [0.1, 0.15) is 23.8 Å². The molecule has 4 aliphatic rings. The molecule has 0 saturated carbocycles. The Morgan fingerprint density at radius 1 is 1.12 bits per heavy atom. The number of fused-ring (bicyclic) bond motifs is 4. The van der Waals surface area contributed by atoms with Crippen molar-refractivity contribution in [3.05, 3.63) is 82.1 Å². The Labute approximate surface area is 252 Å². The second-order valence-electron chi connectivity index (χ2n) is 12.5. The van der Waals surface area contributed by atoms with E-state index in [4.69, 9.17) is 9.72 Å². The lowest BCUT2D eigenvalue weighted by Crippen LogP contribution is -2.60. The van der Waals surface area contributed by atoms with Crippen molar-refractivity contribution in [1.82, 2.24) is 19.8 Å². The van der Waals surface area contributed by atoms with Crippen molar-refractivity contribution in [2.45, 2.75) is 56.3 Å². The summed E-state index contributed by atoms with van der Waals surface area (Å²) in [5.41, 5.74) is 1.44. The molecule has 3 fully saturated rings. The van der Waals surface area contributed by atoms with E-state index in [0.29, 0.717) is 43.6 Å². The number of hydrogen-bond acceptors (Lipinski definition) is 6. The Bertz CT molecular complexity index is 1580. The number of anilines is 1. The van der Waals surface area contributed by atoms with Crippen LogP contribution in [0.15, 0.2) is 64.9 Å². The Morgan fingerprint density at radius 3 is 2.57 bits per heavy atom. The van der Waals surface area contributed by atoms with Gasteiger partial charge in [-0.15, -0.1) is 0 Å². The molecular weight excluding hydrogens is 607 g/mol. The zero-order chi connectivity index (χ0) is 29.2. The van der Waals surface area contributed by atoms with E-state index in [1.165, 1.54) is 11.6 Å². The summed E-state index contributed by atoms with van der Waals surface area (Å²) in [6, 6.07) is 11.9. The quantitative estimate of drug-likeness (QED) is 0.226. The average Bonchev–Trinajstić information content (AvgIpc) is 3.63. The van der Waals surface area contributed by atoms with Crippen molar-refractivity contribution >= 4 is 32.7 Å². The highest BCUT2D eigenvalue weighted by Gasteiger charge is 2.48. The lowest BCUT2D eigenvalue weighted by Gasteiger charge is -2.50. The number of ether oxygens (including phenoxy) is 1. The normalized spacial score (nSPS) is 27.0. The standard InChI is InChI=1S/C32H33BrF3N5O/c1-31(2,21-7-4-3-5-8-21)41-22-9-10-23(41)18-39(17-22)29-24-13-25(35)26(33)27(36)28(24)37-30(38-29)42-19-32-11-6-12-40(32)16-20(14-32)15-34/h3-5,7-10,13,15,22-23H,6,11-12,14,16-19H2,1-2H3/b20-15-/t22?,23?,32-/m0/s1. The summed E-state index contributed by atoms with van der Waals surface area (Å²) < 4.78 is 49.7. The van der Waals surface area contributed by atoms with E-state index in [1.807, 2.05) is 6.07 Å². The third-order valence-corrected chi connectivity index (χ3v) is 10.3.